The molecule has 4 heteroatoms. The minimum atomic E-state index is 0.280. The van der Waals surface area contributed by atoms with Gasteiger partial charge in [0.25, 0.3) is 0 Å². The lowest BCUT2D eigenvalue weighted by Gasteiger charge is -1.89. The molecule has 0 fully saturated rings. The van der Waals surface area contributed by atoms with Gasteiger partial charge in [-0.3, -0.25) is 0 Å². The quantitative estimate of drug-likeness (QED) is 0.609. The first kappa shape index (κ1) is 6.15. The van der Waals surface area contributed by atoms with Gasteiger partial charge in [-0.2, -0.15) is 0 Å². The molecule has 2 N–H and O–H groups in total. The van der Waals surface area contributed by atoms with Crippen LogP contribution in [0.3, 0.4) is 0 Å². The van der Waals surface area contributed by atoms with Gasteiger partial charge in [0.15, 0.2) is 5.58 Å². The van der Waals surface area contributed by atoms with E-state index in [1.165, 1.54) is 0 Å². The molecule has 0 aromatic carbocycles. The van der Waals surface area contributed by atoms with Crippen molar-refractivity contribution in [2.45, 2.75) is 6.92 Å². The Bertz CT molecular complexity index is 393. The van der Waals surface area contributed by atoms with Gasteiger partial charge < -0.3 is 10.2 Å². The maximum atomic E-state index is 5.39. The van der Waals surface area contributed by atoms with Gasteiger partial charge in [-0.25, -0.2) is 9.97 Å². The number of rotatable bonds is 0. The molecule has 0 amide bonds. The molecule has 56 valence electrons. The number of anilines is 1. The van der Waals surface area contributed by atoms with Gasteiger partial charge in [-0.1, -0.05) is 0 Å². The fourth-order valence-corrected chi connectivity index (χ4v) is 0.961. The maximum Gasteiger partial charge on any atom is 0.220 e. The summed E-state index contributed by atoms with van der Waals surface area (Å²) in [5.74, 6) is 0.280. The summed E-state index contributed by atoms with van der Waals surface area (Å²) >= 11 is 0. The molecule has 11 heavy (non-hydrogen) atoms. The van der Waals surface area contributed by atoms with Crippen LogP contribution in [0.5, 0.6) is 0 Å². The van der Waals surface area contributed by atoms with Crippen molar-refractivity contribution < 1.29 is 4.42 Å². The molecule has 2 aromatic heterocycles. The van der Waals surface area contributed by atoms with Crippen molar-refractivity contribution in [2.75, 3.05) is 5.73 Å². The molecule has 0 bridgehead atoms. The van der Waals surface area contributed by atoms with E-state index in [0.29, 0.717) is 5.58 Å². The second-order valence-electron chi connectivity index (χ2n) is 2.36. The molecule has 4 nitrogen and oxygen atoms in total. The molecule has 0 spiro atoms. The zero-order valence-corrected chi connectivity index (χ0v) is 6.03. The van der Waals surface area contributed by atoms with Crippen LogP contribution in [0.4, 0.5) is 5.95 Å². The summed E-state index contributed by atoms with van der Waals surface area (Å²) in [5.41, 5.74) is 7.84. The Balaban J connectivity index is 2.87. The highest BCUT2D eigenvalue weighted by atomic mass is 16.3. The van der Waals surface area contributed by atoms with E-state index in [1.54, 1.807) is 12.5 Å². The van der Waals surface area contributed by atoms with Crippen LogP contribution in [-0.2, 0) is 0 Å². The second-order valence-corrected chi connectivity index (χ2v) is 2.36. The van der Waals surface area contributed by atoms with Crippen molar-refractivity contribution in [1.29, 1.82) is 0 Å². The smallest absolute Gasteiger partial charge is 0.220 e. The lowest BCUT2D eigenvalue weighted by molar-refractivity contribution is 0.611. The van der Waals surface area contributed by atoms with Crippen LogP contribution in [0.2, 0.25) is 0 Å². The molecule has 2 heterocycles. The zero-order chi connectivity index (χ0) is 7.84. The Labute approximate surface area is 63.1 Å². The number of nitrogens with two attached hydrogens (primary N) is 1. The normalized spacial score (nSPS) is 10.6. The van der Waals surface area contributed by atoms with Gasteiger partial charge in [0.05, 0.1) is 12.5 Å². The third kappa shape index (κ3) is 0.832. The Hall–Kier alpha value is -1.58. The molecule has 0 atom stereocenters. The Morgan fingerprint density at radius 2 is 2.36 bits per heavy atom. The summed E-state index contributed by atoms with van der Waals surface area (Å²) < 4.78 is 5.12. The summed E-state index contributed by atoms with van der Waals surface area (Å²) in [7, 11) is 0. The standard InChI is InChI=1S/C7H7N3O/c1-4-3-11-5-2-9-7(8)10-6(4)5/h2-3H,1H3,(H2,8,9,10). The average molecular weight is 149 g/mol. The van der Waals surface area contributed by atoms with E-state index in [4.69, 9.17) is 10.2 Å². The van der Waals surface area contributed by atoms with E-state index in [2.05, 4.69) is 9.97 Å². The third-order valence-corrected chi connectivity index (χ3v) is 1.51. The topological polar surface area (TPSA) is 64.9 Å². The number of nitrogens with zero attached hydrogens (tertiary/aromatic N) is 2. The van der Waals surface area contributed by atoms with Crippen molar-refractivity contribution in [2.24, 2.45) is 0 Å². The van der Waals surface area contributed by atoms with Crippen LogP contribution in [0.15, 0.2) is 16.9 Å². The molecule has 0 unspecified atom stereocenters. The highest BCUT2D eigenvalue weighted by Crippen LogP contribution is 2.16. The largest absolute Gasteiger partial charge is 0.461 e. The van der Waals surface area contributed by atoms with Gasteiger partial charge in [-0.05, 0) is 6.92 Å². The lowest BCUT2D eigenvalue weighted by Crippen LogP contribution is -1.92. The van der Waals surface area contributed by atoms with Crippen molar-refractivity contribution in [3.05, 3.63) is 18.0 Å². The predicted octanol–water partition coefficient (Wildman–Crippen LogP) is 1.11. The molecular weight excluding hydrogens is 142 g/mol. The molecule has 0 aliphatic rings. The Morgan fingerprint density at radius 3 is 3.18 bits per heavy atom. The number of furan rings is 1. The van der Waals surface area contributed by atoms with E-state index in [0.717, 1.165) is 11.1 Å². The number of aromatic nitrogens is 2. The van der Waals surface area contributed by atoms with Gasteiger partial charge >= 0.3 is 0 Å². The lowest BCUT2D eigenvalue weighted by atomic mass is 10.3. The van der Waals surface area contributed by atoms with E-state index in [-0.39, 0.29) is 5.95 Å². The van der Waals surface area contributed by atoms with Crippen LogP contribution >= 0.6 is 0 Å². The Morgan fingerprint density at radius 1 is 1.55 bits per heavy atom. The third-order valence-electron chi connectivity index (χ3n) is 1.51. The van der Waals surface area contributed by atoms with Crippen molar-refractivity contribution in [3.8, 4) is 0 Å². The van der Waals surface area contributed by atoms with E-state index >= 15 is 0 Å². The van der Waals surface area contributed by atoms with Crippen molar-refractivity contribution >= 4 is 17.0 Å². The first-order chi connectivity index (χ1) is 5.27. The molecular formula is C7H7N3O. The fourth-order valence-electron chi connectivity index (χ4n) is 0.961. The second kappa shape index (κ2) is 1.95. The highest BCUT2D eigenvalue weighted by Gasteiger charge is 2.02. The van der Waals surface area contributed by atoms with Crippen LogP contribution in [-0.4, -0.2) is 9.97 Å². The van der Waals surface area contributed by atoms with Crippen LogP contribution < -0.4 is 5.73 Å². The number of fused-ring (bicyclic) bond motifs is 1. The van der Waals surface area contributed by atoms with Crippen LogP contribution in [0.1, 0.15) is 5.56 Å². The average Bonchev–Trinajstić information content (AvgIpc) is 2.33. The van der Waals surface area contributed by atoms with Crippen LogP contribution in [0, 0.1) is 6.92 Å². The fraction of sp³-hybridized carbons (Fsp3) is 0.143. The maximum absolute atomic E-state index is 5.39. The summed E-state index contributed by atoms with van der Waals surface area (Å²) in [5, 5.41) is 0. The molecule has 0 saturated carbocycles. The molecule has 0 saturated heterocycles. The van der Waals surface area contributed by atoms with Gasteiger partial charge in [-0.15, -0.1) is 0 Å². The van der Waals surface area contributed by atoms with Gasteiger partial charge in [0.2, 0.25) is 5.95 Å². The molecule has 0 aliphatic heterocycles. The molecule has 2 rings (SSSR count). The first-order valence-electron chi connectivity index (χ1n) is 3.23. The zero-order valence-electron chi connectivity index (χ0n) is 6.03. The Kier molecular flexibility index (Phi) is 1.09. The molecule has 2 aromatic rings. The van der Waals surface area contributed by atoms with E-state index in [9.17, 15) is 0 Å². The molecule has 0 radical (unpaired) electrons. The minimum Gasteiger partial charge on any atom is -0.461 e. The van der Waals surface area contributed by atoms with Crippen LogP contribution in [0.25, 0.3) is 11.1 Å². The summed E-state index contributed by atoms with van der Waals surface area (Å²) in [6.45, 7) is 1.91. The predicted molar refractivity (Wildman–Crippen MR) is 41.0 cm³/mol. The first-order valence-corrected chi connectivity index (χ1v) is 3.23. The summed E-state index contributed by atoms with van der Waals surface area (Å²) in [4.78, 5) is 7.80. The van der Waals surface area contributed by atoms with E-state index < -0.39 is 0 Å². The SMILES string of the molecule is Cc1coc2cnc(N)nc12. The van der Waals surface area contributed by atoms with E-state index in [1.807, 2.05) is 6.92 Å². The molecule has 0 aliphatic carbocycles. The highest BCUT2D eigenvalue weighted by molar-refractivity contribution is 5.76. The van der Waals surface area contributed by atoms with Crippen molar-refractivity contribution in [1.82, 2.24) is 9.97 Å². The van der Waals surface area contributed by atoms with Gasteiger partial charge in [0, 0.05) is 5.56 Å². The summed E-state index contributed by atoms with van der Waals surface area (Å²) in [6.07, 6.45) is 3.21. The number of nitrogen functional groups attached to an aromatic ring is 1. The monoisotopic (exact) mass is 149 g/mol. The van der Waals surface area contributed by atoms with Crippen molar-refractivity contribution in [3.63, 3.8) is 0 Å². The minimum absolute atomic E-state index is 0.280. The van der Waals surface area contributed by atoms with Gasteiger partial charge in [0.1, 0.15) is 5.52 Å². The summed E-state index contributed by atoms with van der Waals surface area (Å²) in [6, 6.07) is 0. The number of aryl methyl sites for hydroxylation is 1. The number of hydrogen-bond acceptors (Lipinski definition) is 4. The number of hydrogen-bond donors (Lipinski definition) is 1.